The second kappa shape index (κ2) is 7.48. The van der Waals surface area contributed by atoms with Gasteiger partial charge < -0.3 is 0 Å². The first kappa shape index (κ1) is 19.9. The van der Waals surface area contributed by atoms with Crippen molar-refractivity contribution in [2.45, 2.75) is 78.2 Å². The fraction of sp³-hybridized carbons (Fsp3) is 0.444. The number of imidazole rings is 1. The van der Waals surface area contributed by atoms with Gasteiger partial charge in [0.15, 0.2) is 0 Å². The minimum absolute atomic E-state index is 0.221. The third kappa shape index (κ3) is 3.04. The zero-order valence-corrected chi connectivity index (χ0v) is 18.9. The van der Waals surface area contributed by atoms with Crippen LogP contribution >= 0.6 is 0 Å². The normalized spacial score (nSPS) is 14.9. The molecule has 2 nitrogen and oxygen atoms in total. The van der Waals surface area contributed by atoms with Crippen LogP contribution in [-0.4, -0.2) is 4.57 Å². The van der Waals surface area contributed by atoms with Crippen molar-refractivity contribution >= 4 is 0 Å². The summed E-state index contributed by atoms with van der Waals surface area (Å²) in [7, 11) is 0. The molecule has 0 atom stereocenters. The van der Waals surface area contributed by atoms with Crippen LogP contribution in [0.1, 0.15) is 82.9 Å². The van der Waals surface area contributed by atoms with Crippen molar-refractivity contribution in [2.24, 2.45) is 0 Å². The standard InChI is InChI=1S/C27H35N2/c1-7-27(8-2)18-28-16-17-29(26(28)23-12-9-10-15-24(23)27)25-21(19(3)4)13-11-14-22(25)20(5)6/h9-17,19-20H,7-8,18H2,1-6H3/q+1. The van der Waals surface area contributed by atoms with Gasteiger partial charge >= 0.3 is 0 Å². The first-order valence-corrected chi connectivity index (χ1v) is 11.3. The van der Waals surface area contributed by atoms with Crippen molar-refractivity contribution in [3.63, 3.8) is 0 Å². The Balaban J connectivity index is 2.02. The van der Waals surface area contributed by atoms with E-state index in [-0.39, 0.29) is 5.41 Å². The van der Waals surface area contributed by atoms with Crippen LogP contribution in [0.4, 0.5) is 0 Å². The molecule has 3 aromatic rings. The number of hydrogen-bond donors (Lipinski definition) is 0. The molecule has 0 saturated heterocycles. The summed E-state index contributed by atoms with van der Waals surface area (Å²) in [6.07, 6.45) is 6.92. The summed E-state index contributed by atoms with van der Waals surface area (Å²) in [5.74, 6) is 2.29. The first-order chi connectivity index (χ1) is 13.9. The SMILES string of the molecule is CCC1(CC)C[n+]2ccn(-c3c(C(C)C)cccc3C(C)C)c2-c2ccccc21. The minimum atomic E-state index is 0.221. The Labute approximate surface area is 176 Å². The summed E-state index contributed by atoms with van der Waals surface area (Å²) >= 11 is 0. The average Bonchev–Trinajstić information content (AvgIpc) is 3.15. The highest BCUT2D eigenvalue weighted by Crippen LogP contribution is 2.43. The summed E-state index contributed by atoms with van der Waals surface area (Å²) in [5, 5.41) is 0. The predicted molar refractivity (Wildman–Crippen MR) is 122 cm³/mol. The summed E-state index contributed by atoms with van der Waals surface area (Å²) < 4.78 is 4.97. The lowest BCUT2D eigenvalue weighted by Gasteiger charge is -2.35. The van der Waals surface area contributed by atoms with E-state index in [9.17, 15) is 0 Å². The number of para-hydroxylation sites is 1. The van der Waals surface area contributed by atoms with Crippen molar-refractivity contribution in [1.82, 2.24) is 4.57 Å². The number of aromatic nitrogens is 2. The maximum Gasteiger partial charge on any atom is 0.294 e. The van der Waals surface area contributed by atoms with Crippen LogP contribution in [0.2, 0.25) is 0 Å². The van der Waals surface area contributed by atoms with Crippen LogP contribution in [0.5, 0.6) is 0 Å². The van der Waals surface area contributed by atoms with Crippen molar-refractivity contribution in [1.29, 1.82) is 0 Å². The van der Waals surface area contributed by atoms with Gasteiger partial charge in [0.25, 0.3) is 5.82 Å². The van der Waals surface area contributed by atoms with E-state index in [0.717, 1.165) is 19.4 Å². The highest BCUT2D eigenvalue weighted by molar-refractivity contribution is 5.66. The van der Waals surface area contributed by atoms with Crippen LogP contribution in [0.25, 0.3) is 17.1 Å². The molecule has 2 aromatic carbocycles. The van der Waals surface area contributed by atoms with E-state index in [1.807, 2.05) is 0 Å². The van der Waals surface area contributed by atoms with Gasteiger partial charge in [0, 0.05) is 16.5 Å². The molecule has 0 aliphatic carbocycles. The fourth-order valence-corrected chi connectivity index (χ4v) is 5.22. The van der Waals surface area contributed by atoms with E-state index >= 15 is 0 Å². The fourth-order valence-electron chi connectivity index (χ4n) is 5.22. The summed E-state index contributed by atoms with van der Waals surface area (Å²) in [6, 6.07) is 15.9. The second-order valence-electron chi connectivity index (χ2n) is 9.25. The minimum Gasteiger partial charge on any atom is -0.229 e. The Kier molecular flexibility index (Phi) is 5.14. The van der Waals surface area contributed by atoms with Gasteiger partial charge in [0.1, 0.15) is 24.6 Å². The number of nitrogens with zero attached hydrogens (tertiary/aromatic N) is 2. The van der Waals surface area contributed by atoms with Crippen LogP contribution < -0.4 is 4.57 Å². The van der Waals surface area contributed by atoms with Crippen molar-refractivity contribution in [3.05, 3.63) is 71.5 Å². The summed E-state index contributed by atoms with van der Waals surface area (Å²) in [6.45, 7) is 15.0. The molecule has 1 aromatic heterocycles. The Hall–Kier alpha value is -2.35. The van der Waals surface area contributed by atoms with Crippen LogP contribution in [0.15, 0.2) is 54.9 Å². The number of hydrogen-bond acceptors (Lipinski definition) is 0. The molecule has 0 spiro atoms. The molecule has 0 N–H and O–H groups in total. The molecule has 0 radical (unpaired) electrons. The van der Waals surface area contributed by atoms with Gasteiger partial charge in [-0.1, -0.05) is 77.9 Å². The summed E-state index contributed by atoms with van der Waals surface area (Å²) in [4.78, 5) is 0. The molecule has 2 heteroatoms. The topological polar surface area (TPSA) is 8.81 Å². The third-order valence-electron chi connectivity index (χ3n) is 7.05. The van der Waals surface area contributed by atoms with Crippen molar-refractivity contribution in [3.8, 4) is 17.1 Å². The maximum absolute atomic E-state index is 2.50. The Morgan fingerprint density at radius 2 is 1.52 bits per heavy atom. The molecule has 0 bridgehead atoms. The van der Waals surface area contributed by atoms with E-state index in [0.29, 0.717) is 11.8 Å². The molecular formula is C27H35N2+. The van der Waals surface area contributed by atoms with Crippen LogP contribution in [0, 0.1) is 0 Å². The van der Waals surface area contributed by atoms with E-state index in [2.05, 4.69) is 106 Å². The zero-order chi connectivity index (χ0) is 20.8. The van der Waals surface area contributed by atoms with Gasteiger partial charge in [-0.05, 0) is 36.3 Å². The number of fused-ring (bicyclic) bond motifs is 3. The van der Waals surface area contributed by atoms with Crippen LogP contribution in [0.3, 0.4) is 0 Å². The van der Waals surface area contributed by atoms with E-state index in [4.69, 9.17) is 0 Å². The van der Waals surface area contributed by atoms with Gasteiger partial charge in [0.05, 0.1) is 5.56 Å². The average molecular weight is 388 g/mol. The highest BCUT2D eigenvalue weighted by Gasteiger charge is 2.42. The quantitative estimate of drug-likeness (QED) is 0.428. The largest absolute Gasteiger partial charge is 0.294 e. The second-order valence-corrected chi connectivity index (χ2v) is 9.25. The molecular weight excluding hydrogens is 352 g/mol. The van der Waals surface area contributed by atoms with Gasteiger partial charge in [-0.15, -0.1) is 0 Å². The highest BCUT2D eigenvalue weighted by atomic mass is 15.2. The molecule has 0 amide bonds. The molecule has 152 valence electrons. The predicted octanol–water partition coefficient (Wildman–Crippen LogP) is 6.75. The molecule has 4 rings (SSSR count). The molecule has 0 saturated carbocycles. The molecule has 1 aliphatic heterocycles. The maximum atomic E-state index is 2.50. The van der Waals surface area contributed by atoms with Crippen LogP contribution in [-0.2, 0) is 12.0 Å². The molecule has 1 aliphatic rings. The Bertz CT molecular complexity index is 993. The monoisotopic (exact) mass is 387 g/mol. The third-order valence-corrected chi connectivity index (χ3v) is 7.05. The lowest BCUT2D eigenvalue weighted by molar-refractivity contribution is -0.696. The summed E-state index contributed by atoms with van der Waals surface area (Å²) in [5.41, 5.74) is 7.35. The molecule has 0 unspecified atom stereocenters. The Morgan fingerprint density at radius 3 is 2.10 bits per heavy atom. The van der Waals surface area contributed by atoms with Gasteiger partial charge in [0.2, 0.25) is 0 Å². The molecule has 2 heterocycles. The van der Waals surface area contributed by atoms with Crippen molar-refractivity contribution in [2.75, 3.05) is 0 Å². The number of rotatable bonds is 5. The Morgan fingerprint density at radius 1 is 0.897 bits per heavy atom. The van der Waals surface area contributed by atoms with E-state index in [1.165, 1.54) is 33.8 Å². The molecule has 29 heavy (non-hydrogen) atoms. The van der Waals surface area contributed by atoms with Gasteiger partial charge in [-0.2, -0.15) is 4.57 Å². The van der Waals surface area contributed by atoms with E-state index < -0.39 is 0 Å². The lowest BCUT2D eigenvalue weighted by atomic mass is 9.72. The lowest BCUT2D eigenvalue weighted by Crippen LogP contribution is -2.50. The van der Waals surface area contributed by atoms with Crippen molar-refractivity contribution < 1.29 is 4.57 Å². The first-order valence-electron chi connectivity index (χ1n) is 11.3. The van der Waals surface area contributed by atoms with Gasteiger partial charge in [-0.3, -0.25) is 0 Å². The van der Waals surface area contributed by atoms with E-state index in [1.54, 1.807) is 0 Å². The molecule has 0 fully saturated rings. The van der Waals surface area contributed by atoms with Gasteiger partial charge in [-0.25, -0.2) is 4.57 Å². The smallest absolute Gasteiger partial charge is 0.229 e. The number of benzene rings is 2. The zero-order valence-electron chi connectivity index (χ0n) is 18.9.